The predicted octanol–water partition coefficient (Wildman–Crippen LogP) is 3.47. The number of hydrogen-bond acceptors (Lipinski definition) is 6. The van der Waals surface area contributed by atoms with E-state index in [0.29, 0.717) is 33.9 Å². The van der Waals surface area contributed by atoms with Crippen molar-refractivity contribution >= 4 is 39.1 Å². The first-order valence-corrected chi connectivity index (χ1v) is 10.2. The van der Waals surface area contributed by atoms with Gasteiger partial charge in [-0.3, -0.25) is 14.3 Å². The highest BCUT2D eigenvalue weighted by molar-refractivity contribution is 7.15. The number of rotatable bonds is 7. The molecule has 0 radical (unpaired) electrons. The Morgan fingerprint density at radius 2 is 2.03 bits per heavy atom. The zero-order chi connectivity index (χ0) is 21.0. The minimum absolute atomic E-state index is 0.151. The topological polar surface area (TPSA) is 90.3 Å². The Morgan fingerprint density at radius 1 is 1.28 bits per heavy atom. The molecule has 0 unspecified atom stereocenters. The lowest BCUT2D eigenvalue weighted by Crippen LogP contribution is -2.19. The van der Waals surface area contributed by atoms with E-state index in [0.717, 1.165) is 12.0 Å². The summed E-state index contributed by atoms with van der Waals surface area (Å²) in [5.41, 5.74) is 1.82. The Kier molecular flexibility index (Phi) is 6.43. The molecule has 0 aliphatic carbocycles. The van der Waals surface area contributed by atoms with E-state index in [2.05, 4.69) is 24.3 Å². The Morgan fingerprint density at radius 3 is 2.76 bits per heavy atom. The number of para-hydroxylation sites is 1. The van der Waals surface area contributed by atoms with Crippen molar-refractivity contribution in [2.75, 3.05) is 12.4 Å². The number of thiophene rings is 1. The summed E-state index contributed by atoms with van der Waals surface area (Å²) in [5, 5.41) is 9.90. The number of aryl methyl sites for hydroxylation is 1. The van der Waals surface area contributed by atoms with Gasteiger partial charge in [-0.05, 0) is 35.4 Å². The molecule has 0 fully saturated rings. The highest BCUT2D eigenvalue weighted by Gasteiger charge is 2.21. The van der Waals surface area contributed by atoms with Crippen LogP contribution in [0.4, 0.5) is 5.00 Å². The summed E-state index contributed by atoms with van der Waals surface area (Å²) in [6, 6.07) is 7.15. The van der Waals surface area contributed by atoms with E-state index in [1.54, 1.807) is 22.9 Å². The number of fused-ring (bicyclic) bond motifs is 1. The van der Waals surface area contributed by atoms with Crippen LogP contribution in [0.15, 0.2) is 40.6 Å². The standard InChI is InChI=1S/C21H23N3O4S/c1-13(2)10-14-12-29-20(19(14)21(27)28-3)23-18(26)8-9-24-16-7-5-4-6-15(16)17(25)11-22-24/h4-7,11-13H,8-10H2,1-3H3,(H,23,26). The maximum atomic E-state index is 12.5. The Labute approximate surface area is 172 Å². The lowest BCUT2D eigenvalue weighted by molar-refractivity contribution is -0.116. The van der Waals surface area contributed by atoms with Gasteiger partial charge >= 0.3 is 5.97 Å². The van der Waals surface area contributed by atoms with E-state index in [1.807, 2.05) is 11.4 Å². The summed E-state index contributed by atoms with van der Waals surface area (Å²) in [4.78, 5) is 36.7. The second-order valence-electron chi connectivity index (χ2n) is 7.10. The normalized spacial score (nSPS) is 11.0. The zero-order valence-corrected chi connectivity index (χ0v) is 17.4. The molecule has 0 saturated carbocycles. The van der Waals surface area contributed by atoms with Gasteiger partial charge in [0.05, 0.1) is 30.9 Å². The number of anilines is 1. The predicted molar refractivity (Wildman–Crippen MR) is 113 cm³/mol. The van der Waals surface area contributed by atoms with Crippen LogP contribution < -0.4 is 10.7 Å². The number of methoxy groups -OCH3 is 1. The second kappa shape index (κ2) is 9.00. The van der Waals surface area contributed by atoms with Gasteiger partial charge in [-0.15, -0.1) is 11.3 Å². The largest absolute Gasteiger partial charge is 0.465 e. The summed E-state index contributed by atoms with van der Waals surface area (Å²) < 4.78 is 6.54. The van der Waals surface area contributed by atoms with Gasteiger partial charge in [-0.1, -0.05) is 26.0 Å². The van der Waals surface area contributed by atoms with Crippen LogP contribution in [-0.4, -0.2) is 28.8 Å². The number of esters is 1. The molecule has 2 heterocycles. The maximum Gasteiger partial charge on any atom is 0.341 e. The molecule has 3 aromatic rings. The quantitative estimate of drug-likeness (QED) is 0.599. The first-order valence-electron chi connectivity index (χ1n) is 9.34. The smallest absolute Gasteiger partial charge is 0.341 e. The molecule has 1 aromatic carbocycles. The van der Waals surface area contributed by atoms with Crippen molar-refractivity contribution in [3.05, 3.63) is 57.2 Å². The highest BCUT2D eigenvalue weighted by atomic mass is 32.1. The monoisotopic (exact) mass is 413 g/mol. The second-order valence-corrected chi connectivity index (χ2v) is 7.98. The van der Waals surface area contributed by atoms with Gasteiger partial charge < -0.3 is 10.1 Å². The van der Waals surface area contributed by atoms with Crippen molar-refractivity contribution < 1.29 is 14.3 Å². The molecule has 0 saturated heterocycles. The Bertz CT molecular complexity index is 1100. The number of carbonyl (C=O) groups excluding carboxylic acids is 2. The molecule has 8 heteroatoms. The van der Waals surface area contributed by atoms with Crippen LogP contribution in [0.2, 0.25) is 0 Å². The van der Waals surface area contributed by atoms with E-state index in [9.17, 15) is 14.4 Å². The van der Waals surface area contributed by atoms with Gasteiger partial charge in [0.25, 0.3) is 0 Å². The first-order chi connectivity index (χ1) is 13.9. The van der Waals surface area contributed by atoms with Crippen LogP contribution in [0.1, 0.15) is 36.2 Å². The highest BCUT2D eigenvalue weighted by Crippen LogP contribution is 2.31. The van der Waals surface area contributed by atoms with E-state index in [1.165, 1.54) is 24.6 Å². The molecule has 1 N–H and O–H groups in total. The molecular weight excluding hydrogens is 390 g/mol. The van der Waals surface area contributed by atoms with Crippen LogP contribution in [0, 0.1) is 5.92 Å². The van der Waals surface area contributed by atoms with Gasteiger partial charge in [0.15, 0.2) is 0 Å². The number of carbonyl (C=O) groups is 2. The van der Waals surface area contributed by atoms with Crippen LogP contribution in [0.25, 0.3) is 10.9 Å². The maximum absolute atomic E-state index is 12.5. The Hall–Kier alpha value is -3.00. The van der Waals surface area contributed by atoms with Crippen LogP contribution >= 0.6 is 11.3 Å². The number of hydrogen-bond donors (Lipinski definition) is 1. The molecule has 0 atom stereocenters. The lowest BCUT2D eigenvalue weighted by atomic mass is 10.0. The SMILES string of the molecule is COC(=O)c1c(CC(C)C)csc1NC(=O)CCn1ncc(=O)c2ccccc21. The number of amides is 1. The minimum atomic E-state index is -0.453. The van der Waals surface area contributed by atoms with Crippen molar-refractivity contribution in [3.63, 3.8) is 0 Å². The third-order valence-electron chi connectivity index (χ3n) is 4.45. The lowest BCUT2D eigenvalue weighted by Gasteiger charge is -2.10. The van der Waals surface area contributed by atoms with Gasteiger partial charge in [-0.25, -0.2) is 4.79 Å². The van der Waals surface area contributed by atoms with Gasteiger partial charge in [0.2, 0.25) is 11.3 Å². The number of nitrogens with one attached hydrogen (secondary N) is 1. The molecule has 0 aliphatic heterocycles. The van der Waals surface area contributed by atoms with Crippen LogP contribution in [0.3, 0.4) is 0 Å². The number of aromatic nitrogens is 2. The fraction of sp³-hybridized carbons (Fsp3) is 0.333. The van der Waals surface area contributed by atoms with Gasteiger partial charge in [0, 0.05) is 11.8 Å². The van der Waals surface area contributed by atoms with Crippen molar-refractivity contribution in [1.82, 2.24) is 9.78 Å². The first kappa shape index (κ1) is 20.7. The van der Waals surface area contributed by atoms with Gasteiger partial charge in [-0.2, -0.15) is 5.10 Å². The van der Waals surface area contributed by atoms with Crippen molar-refractivity contribution in [1.29, 1.82) is 0 Å². The fourth-order valence-electron chi connectivity index (χ4n) is 3.14. The average Bonchev–Trinajstić information content (AvgIpc) is 3.08. The third-order valence-corrected chi connectivity index (χ3v) is 5.39. The average molecular weight is 413 g/mol. The minimum Gasteiger partial charge on any atom is -0.465 e. The van der Waals surface area contributed by atoms with E-state index >= 15 is 0 Å². The molecule has 0 bridgehead atoms. The summed E-state index contributed by atoms with van der Waals surface area (Å²) in [5.74, 6) is -0.320. The van der Waals surface area contributed by atoms with Crippen molar-refractivity contribution in [2.45, 2.75) is 33.2 Å². The molecular formula is C21H23N3O4S. The fourth-order valence-corrected chi connectivity index (χ4v) is 4.12. The van der Waals surface area contributed by atoms with Crippen LogP contribution in [-0.2, 0) is 22.5 Å². The Balaban J connectivity index is 1.75. The molecule has 1 amide bonds. The summed E-state index contributed by atoms with van der Waals surface area (Å²) in [7, 11) is 1.33. The summed E-state index contributed by atoms with van der Waals surface area (Å²) in [6.45, 7) is 4.45. The van der Waals surface area contributed by atoms with Crippen molar-refractivity contribution in [2.24, 2.45) is 5.92 Å². The van der Waals surface area contributed by atoms with E-state index < -0.39 is 5.97 Å². The number of nitrogens with zero attached hydrogens (tertiary/aromatic N) is 2. The molecule has 152 valence electrons. The summed E-state index contributed by atoms with van der Waals surface area (Å²) >= 11 is 1.32. The number of ether oxygens (including phenoxy) is 1. The van der Waals surface area contributed by atoms with E-state index in [4.69, 9.17) is 4.74 Å². The number of benzene rings is 1. The van der Waals surface area contributed by atoms with E-state index in [-0.39, 0.29) is 17.8 Å². The van der Waals surface area contributed by atoms with Gasteiger partial charge in [0.1, 0.15) is 5.00 Å². The molecule has 2 aromatic heterocycles. The molecule has 3 rings (SSSR count). The molecule has 0 aliphatic rings. The van der Waals surface area contributed by atoms with Crippen LogP contribution in [0.5, 0.6) is 0 Å². The van der Waals surface area contributed by atoms with Crippen molar-refractivity contribution in [3.8, 4) is 0 Å². The molecule has 0 spiro atoms. The molecule has 7 nitrogen and oxygen atoms in total. The molecule has 29 heavy (non-hydrogen) atoms. The zero-order valence-electron chi connectivity index (χ0n) is 16.6. The summed E-state index contributed by atoms with van der Waals surface area (Å²) in [6.07, 6.45) is 2.13. The third kappa shape index (κ3) is 4.71.